The Morgan fingerprint density at radius 2 is 2.18 bits per heavy atom. The Balaban J connectivity index is 2.25. The maximum Gasteiger partial charge on any atom is 0.0651 e. The van der Waals surface area contributed by atoms with E-state index in [0.717, 1.165) is 30.0 Å². The zero-order chi connectivity index (χ0) is 11.8. The molecule has 0 atom stereocenters. The van der Waals surface area contributed by atoms with Gasteiger partial charge in [-0.3, -0.25) is 0 Å². The van der Waals surface area contributed by atoms with Crippen molar-refractivity contribution in [3.05, 3.63) is 40.6 Å². The van der Waals surface area contributed by atoms with Gasteiger partial charge in [0.2, 0.25) is 0 Å². The fourth-order valence-electron chi connectivity index (χ4n) is 2.57. The predicted molar refractivity (Wildman–Crippen MR) is 73.5 cm³/mol. The standard InChI is InChI=1S/C14H15ClN2/c1-9-13(10-5-7-16-8-6-10)11-3-2-4-12(15)14(11)17-9/h2-5,16-17H,6-8H2,1H3. The third kappa shape index (κ3) is 1.78. The maximum atomic E-state index is 6.22. The fourth-order valence-corrected chi connectivity index (χ4v) is 2.80. The van der Waals surface area contributed by atoms with Crippen molar-refractivity contribution in [2.45, 2.75) is 13.3 Å². The summed E-state index contributed by atoms with van der Waals surface area (Å²) in [4.78, 5) is 3.40. The Hall–Kier alpha value is -1.25. The third-order valence-corrected chi connectivity index (χ3v) is 3.67. The fraction of sp³-hybridized carbons (Fsp3) is 0.286. The predicted octanol–water partition coefficient (Wildman–Crippen LogP) is 3.51. The van der Waals surface area contributed by atoms with Crippen molar-refractivity contribution in [3.63, 3.8) is 0 Å². The van der Waals surface area contributed by atoms with Gasteiger partial charge in [-0.1, -0.05) is 29.8 Å². The molecule has 1 aromatic carbocycles. The molecule has 0 unspecified atom stereocenters. The molecule has 0 aliphatic carbocycles. The topological polar surface area (TPSA) is 27.8 Å². The molecular weight excluding hydrogens is 232 g/mol. The first-order chi connectivity index (χ1) is 8.27. The number of fused-ring (bicyclic) bond motifs is 1. The summed E-state index contributed by atoms with van der Waals surface area (Å²) in [5.74, 6) is 0. The Kier molecular flexibility index (Phi) is 2.69. The molecule has 0 saturated heterocycles. The van der Waals surface area contributed by atoms with Gasteiger partial charge in [-0.25, -0.2) is 0 Å². The molecule has 3 heteroatoms. The molecule has 0 radical (unpaired) electrons. The van der Waals surface area contributed by atoms with Crippen LogP contribution >= 0.6 is 11.6 Å². The quantitative estimate of drug-likeness (QED) is 0.792. The average Bonchev–Trinajstić information content (AvgIpc) is 2.68. The molecule has 88 valence electrons. The second-order valence-corrected chi connectivity index (χ2v) is 4.88. The third-order valence-electron chi connectivity index (χ3n) is 3.36. The lowest BCUT2D eigenvalue weighted by atomic mass is 9.97. The zero-order valence-electron chi connectivity index (χ0n) is 9.81. The normalized spacial score (nSPS) is 16.2. The zero-order valence-corrected chi connectivity index (χ0v) is 10.6. The molecule has 0 saturated carbocycles. The average molecular weight is 247 g/mol. The second-order valence-electron chi connectivity index (χ2n) is 4.47. The van der Waals surface area contributed by atoms with Crippen LogP contribution < -0.4 is 5.32 Å². The van der Waals surface area contributed by atoms with Gasteiger partial charge in [0.15, 0.2) is 0 Å². The molecule has 3 rings (SSSR count). The van der Waals surface area contributed by atoms with Crippen molar-refractivity contribution in [1.29, 1.82) is 0 Å². The number of hydrogen-bond acceptors (Lipinski definition) is 1. The van der Waals surface area contributed by atoms with Gasteiger partial charge in [-0.15, -0.1) is 0 Å². The summed E-state index contributed by atoms with van der Waals surface area (Å²) < 4.78 is 0. The summed E-state index contributed by atoms with van der Waals surface area (Å²) in [5.41, 5.74) is 5.03. The second kappa shape index (κ2) is 4.21. The van der Waals surface area contributed by atoms with Gasteiger partial charge < -0.3 is 10.3 Å². The van der Waals surface area contributed by atoms with Crippen LogP contribution in [0, 0.1) is 6.92 Å². The molecule has 0 amide bonds. The van der Waals surface area contributed by atoms with Crippen LogP contribution in [0.5, 0.6) is 0 Å². The van der Waals surface area contributed by atoms with Crippen molar-refractivity contribution < 1.29 is 0 Å². The number of benzene rings is 1. The van der Waals surface area contributed by atoms with Crippen molar-refractivity contribution in [2.24, 2.45) is 0 Å². The largest absolute Gasteiger partial charge is 0.357 e. The van der Waals surface area contributed by atoms with Gasteiger partial charge in [0.05, 0.1) is 10.5 Å². The molecular formula is C14H15ClN2. The van der Waals surface area contributed by atoms with E-state index in [0.29, 0.717) is 0 Å². The summed E-state index contributed by atoms with van der Waals surface area (Å²) in [7, 11) is 0. The number of rotatable bonds is 1. The smallest absolute Gasteiger partial charge is 0.0651 e. The number of aryl methyl sites for hydroxylation is 1. The van der Waals surface area contributed by atoms with Crippen LogP contribution in [0.25, 0.3) is 16.5 Å². The van der Waals surface area contributed by atoms with E-state index in [1.807, 2.05) is 12.1 Å². The monoisotopic (exact) mass is 246 g/mol. The SMILES string of the molecule is Cc1[nH]c2c(Cl)cccc2c1C1=CCNCC1. The van der Waals surface area contributed by atoms with E-state index in [4.69, 9.17) is 11.6 Å². The Bertz CT molecular complexity index is 596. The first kappa shape index (κ1) is 10.9. The number of aromatic amines is 1. The minimum atomic E-state index is 0.798. The van der Waals surface area contributed by atoms with Crippen molar-refractivity contribution >= 4 is 28.1 Å². The minimum absolute atomic E-state index is 0.798. The van der Waals surface area contributed by atoms with E-state index >= 15 is 0 Å². The molecule has 2 aromatic rings. The van der Waals surface area contributed by atoms with Crippen LogP contribution in [0.4, 0.5) is 0 Å². The van der Waals surface area contributed by atoms with Gasteiger partial charge in [0.1, 0.15) is 0 Å². The van der Waals surface area contributed by atoms with E-state index in [1.54, 1.807) is 0 Å². The van der Waals surface area contributed by atoms with Crippen LogP contribution in [0.15, 0.2) is 24.3 Å². The number of H-pyrrole nitrogens is 1. The number of hydrogen-bond donors (Lipinski definition) is 2. The summed E-state index contributed by atoms with van der Waals surface area (Å²) in [6.45, 7) is 4.13. The number of nitrogens with one attached hydrogen (secondary N) is 2. The van der Waals surface area contributed by atoms with Gasteiger partial charge in [0.25, 0.3) is 0 Å². The minimum Gasteiger partial charge on any atom is -0.357 e. The Morgan fingerprint density at radius 3 is 2.94 bits per heavy atom. The number of aromatic nitrogens is 1. The van der Waals surface area contributed by atoms with Crippen molar-refractivity contribution in [3.8, 4) is 0 Å². The summed E-state index contributed by atoms with van der Waals surface area (Å²) in [6.07, 6.45) is 3.36. The highest BCUT2D eigenvalue weighted by Gasteiger charge is 2.15. The highest BCUT2D eigenvalue weighted by atomic mass is 35.5. The molecule has 0 bridgehead atoms. The van der Waals surface area contributed by atoms with Crippen LogP contribution in [0.3, 0.4) is 0 Å². The molecule has 1 aromatic heterocycles. The van der Waals surface area contributed by atoms with E-state index in [2.05, 4.69) is 29.4 Å². The number of para-hydroxylation sites is 1. The molecule has 1 aliphatic heterocycles. The van der Waals surface area contributed by atoms with Crippen molar-refractivity contribution in [2.75, 3.05) is 13.1 Å². The number of halogens is 1. The lowest BCUT2D eigenvalue weighted by molar-refractivity contribution is 0.738. The van der Waals surface area contributed by atoms with Gasteiger partial charge >= 0.3 is 0 Å². The summed E-state index contributed by atoms with van der Waals surface area (Å²) in [5, 5.41) is 5.38. The molecule has 0 fully saturated rings. The molecule has 1 aliphatic rings. The van der Waals surface area contributed by atoms with Gasteiger partial charge in [-0.2, -0.15) is 0 Å². The Labute approximate surface area is 106 Å². The lowest BCUT2D eigenvalue weighted by Crippen LogP contribution is -2.20. The summed E-state index contributed by atoms with van der Waals surface area (Å²) in [6, 6.07) is 6.09. The molecule has 2 heterocycles. The highest BCUT2D eigenvalue weighted by molar-refractivity contribution is 6.35. The molecule has 17 heavy (non-hydrogen) atoms. The van der Waals surface area contributed by atoms with Crippen molar-refractivity contribution in [1.82, 2.24) is 10.3 Å². The van der Waals surface area contributed by atoms with Crippen LogP contribution in [-0.4, -0.2) is 18.1 Å². The van der Waals surface area contributed by atoms with Gasteiger partial charge in [-0.05, 0) is 31.5 Å². The first-order valence-corrected chi connectivity index (χ1v) is 6.32. The van der Waals surface area contributed by atoms with E-state index in [1.165, 1.54) is 22.2 Å². The molecule has 0 spiro atoms. The lowest BCUT2D eigenvalue weighted by Gasteiger charge is -2.14. The maximum absolute atomic E-state index is 6.22. The van der Waals surface area contributed by atoms with E-state index < -0.39 is 0 Å². The first-order valence-electron chi connectivity index (χ1n) is 5.94. The van der Waals surface area contributed by atoms with Crippen LogP contribution in [0.2, 0.25) is 5.02 Å². The van der Waals surface area contributed by atoms with Crippen LogP contribution in [-0.2, 0) is 0 Å². The van der Waals surface area contributed by atoms with E-state index in [-0.39, 0.29) is 0 Å². The van der Waals surface area contributed by atoms with E-state index in [9.17, 15) is 0 Å². The van der Waals surface area contributed by atoms with Gasteiger partial charge in [0, 0.05) is 23.2 Å². The Morgan fingerprint density at radius 1 is 1.29 bits per heavy atom. The van der Waals surface area contributed by atoms with Crippen LogP contribution in [0.1, 0.15) is 17.7 Å². The molecule has 2 nitrogen and oxygen atoms in total. The highest BCUT2D eigenvalue weighted by Crippen LogP contribution is 2.33. The molecule has 2 N–H and O–H groups in total. The summed E-state index contributed by atoms with van der Waals surface area (Å²) >= 11 is 6.22.